The summed E-state index contributed by atoms with van der Waals surface area (Å²) in [7, 11) is 1.99. The van der Waals surface area contributed by atoms with Crippen molar-refractivity contribution in [3.63, 3.8) is 0 Å². The molecule has 2 rings (SSSR count). The Balaban J connectivity index is 2.14. The molecule has 1 aliphatic heterocycles. The van der Waals surface area contributed by atoms with Crippen LogP contribution in [-0.4, -0.2) is 58.4 Å². The van der Waals surface area contributed by atoms with Crippen molar-refractivity contribution in [3.05, 3.63) is 24.3 Å². The summed E-state index contributed by atoms with van der Waals surface area (Å²) in [5, 5.41) is 15.3. The van der Waals surface area contributed by atoms with Crippen LogP contribution in [0.3, 0.4) is 0 Å². The van der Waals surface area contributed by atoms with Crippen LogP contribution < -0.4 is 10.6 Å². The maximum atomic E-state index is 13.0. The average Bonchev–Trinajstić information content (AvgIpc) is 2.63. The fourth-order valence-electron chi connectivity index (χ4n) is 3.06. The molecular formula is C19H28N6O2. The van der Waals surface area contributed by atoms with Crippen LogP contribution in [0.1, 0.15) is 50.5 Å². The first-order chi connectivity index (χ1) is 12.6. The zero-order chi connectivity index (χ0) is 20.1. The Morgan fingerprint density at radius 2 is 2.00 bits per heavy atom. The Kier molecular flexibility index (Phi) is 6.50. The highest BCUT2D eigenvalue weighted by molar-refractivity contribution is 5.96. The first-order valence-corrected chi connectivity index (χ1v) is 9.13. The van der Waals surface area contributed by atoms with Gasteiger partial charge in [0, 0.05) is 25.5 Å². The second-order valence-corrected chi connectivity index (χ2v) is 8.37. The number of rotatable bonds is 5. The van der Waals surface area contributed by atoms with Crippen molar-refractivity contribution in [1.82, 2.24) is 25.5 Å². The lowest BCUT2D eigenvalue weighted by atomic mass is 9.85. The molecule has 27 heavy (non-hydrogen) atoms. The predicted octanol–water partition coefficient (Wildman–Crippen LogP) is 1.12. The Morgan fingerprint density at radius 3 is 2.52 bits per heavy atom. The van der Waals surface area contributed by atoms with Crippen molar-refractivity contribution in [2.75, 3.05) is 20.1 Å². The van der Waals surface area contributed by atoms with Gasteiger partial charge >= 0.3 is 0 Å². The lowest BCUT2D eigenvalue weighted by Crippen LogP contribution is -2.59. The van der Waals surface area contributed by atoms with Gasteiger partial charge in [-0.2, -0.15) is 5.26 Å². The molecule has 1 atom stereocenters. The van der Waals surface area contributed by atoms with E-state index in [-0.39, 0.29) is 17.0 Å². The second-order valence-electron chi connectivity index (χ2n) is 8.37. The molecule has 2 amide bonds. The maximum absolute atomic E-state index is 13.0. The molecule has 1 unspecified atom stereocenters. The summed E-state index contributed by atoms with van der Waals surface area (Å²) in [5.41, 5.74) is -0.931. The minimum Gasteiger partial charge on any atom is -0.339 e. The molecule has 146 valence electrons. The largest absolute Gasteiger partial charge is 0.339 e. The number of carbonyl (C=O) groups excluding carboxylic acids is 2. The van der Waals surface area contributed by atoms with Crippen molar-refractivity contribution in [3.8, 4) is 6.07 Å². The highest BCUT2D eigenvalue weighted by Crippen LogP contribution is 2.24. The van der Waals surface area contributed by atoms with E-state index in [2.05, 4.69) is 31.6 Å². The molecule has 8 heteroatoms. The summed E-state index contributed by atoms with van der Waals surface area (Å²) >= 11 is 0. The van der Waals surface area contributed by atoms with Gasteiger partial charge in [-0.15, -0.1) is 0 Å². The Labute approximate surface area is 160 Å². The number of nitrogens with one attached hydrogen (secondary N) is 2. The molecule has 0 bridgehead atoms. The third-order valence-corrected chi connectivity index (χ3v) is 4.65. The molecule has 2 N–H and O–H groups in total. The first-order valence-electron chi connectivity index (χ1n) is 9.13. The minimum absolute atomic E-state index is 0.151. The van der Waals surface area contributed by atoms with Gasteiger partial charge in [-0.05, 0) is 31.7 Å². The normalized spacial score (nSPS) is 18.2. The lowest BCUT2D eigenvalue weighted by molar-refractivity contribution is -0.125. The van der Waals surface area contributed by atoms with Gasteiger partial charge in [0.15, 0.2) is 0 Å². The zero-order valence-corrected chi connectivity index (χ0v) is 16.5. The van der Waals surface area contributed by atoms with Crippen LogP contribution in [0, 0.1) is 16.7 Å². The van der Waals surface area contributed by atoms with Gasteiger partial charge in [-0.25, -0.2) is 4.98 Å². The van der Waals surface area contributed by atoms with Crippen LogP contribution >= 0.6 is 0 Å². The van der Waals surface area contributed by atoms with Crippen molar-refractivity contribution in [2.24, 2.45) is 5.41 Å². The van der Waals surface area contributed by atoms with Crippen LogP contribution in [0.15, 0.2) is 18.6 Å². The van der Waals surface area contributed by atoms with Crippen LogP contribution in [0.2, 0.25) is 0 Å². The van der Waals surface area contributed by atoms with E-state index in [1.807, 2.05) is 27.8 Å². The van der Waals surface area contributed by atoms with Crippen LogP contribution in [0.5, 0.6) is 0 Å². The second kappa shape index (κ2) is 8.44. The molecule has 1 saturated heterocycles. The van der Waals surface area contributed by atoms with Crippen LogP contribution in [0.4, 0.5) is 0 Å². The molecule has 2 heterocycles. The van der Waals surface area contributed by atoms with E-state index in [1.165, 1.54) is 18.6 Å². The molecule has 1 aromatic rings. The number of aromatic nitrogens is 2. The first kappa shape index (κ1) is 20.8. The summed E-state index contributed by atoms with van der Waals surface area (Å²) in [6, 6.07) is 1.52. The van der Waals surface area contributed by atoms with Gasteiger partial charge in [0.1, 0.15) is 17.3 Å². The van der Waals surface area contributed by atoms with E-state index in [0.29, 0.717) is 19.3 Å². The summed E-state index contributed by atoms with van der Waals surface area (Å²) in [6.45, 7) is 7.47. The summed E-state index contributed by atoms with van der Waals surface area (Å²) < 4.78 is 0. The van der Waals surface area contributed by atoms with Crippen molar-refractivity contribution < 1.29 is 9.59 Å². The highest BCUT2D eigenvalue weighted by Gasteiger charge is 2.38. The SMILES string of the molecule is CN1CCC(C#N)(NC(=O)C(CC(C)(C)C)NC(=O)c2cnccn2)CC1. The number of hydrogen-bond acceptors (Lipinski definition) is 6. The summed E-state index contributed by atoms with van der Waals surface area (Å²) in [6.07, 6.45) is 5.82. The minimum atomic E-state index is -0.892. The number of carbonyl (C=O) groups is 2. The van der Waals surface area contributed by atoms with Gasteiger partial charge in [-0.1, -0.05) is 20.8 Å². The molecule has 1 fully saturated rings. The Hall–Kier alpha value is -2.53. The monoisotopic (exact) mass is 372 g/mol. The van der Waals surface area contributed by atoms with Crippen molar-refractivity contribution >= 4 is 11.8 Å². The molecule has 1 aromatic heterocycles. The van der Waals surface area contributed by atoms with E-state index >= 15 is 0 Å². The Bertz CT molecular complexity index is 699. The summed E-state index contributed by atoms with van der Waals surface area (Å²) in [5.74, 6) is -0.796. The topological polar surface area (TPSA) is 111 Å². The van der Waals surface area contributed by atoms with Crippen molar-refractivity contribution in [1.29, 1.82) is 5.26 Å². The number of amides is 2. The molecule has 0 spiro atoms. The van der Waals surface area contributed by atoms with E-state index in [0.717, 1.165) is 13.1 Å². The van der Waals surface area contributed by atoms with Crippen LogP contribution in [0.25, 0.3) is 0 Å². The smallest absolute Gasteiger partial charge is 0.272 e. The van der Waals surface area contributed by atoms with Gasteiger partial charge in [0.25, 0.3) is 5.91 Å². The van der Waals surface area contributed by atoms with E-state index < -0.39 is 17.5 Å². The number of hydrogen-bond donors (Lipinski definition) is 2. The lowest BCUT2D eigenvalue weighted by Gasteiger charge is -2.37. The molecular weight excluding hydrogens is 344 g/mol. The standard InChI is InChI=1S/C19H28N6O2/c1-18(2,3)11-14(23-16(26)15-12-21-7-8-22-15)17(27)24-19(13-20)5-9-25(4)10-6-19/h7-8,12,14H,5-6,9-11H2,1-4H3,(H,23,26)(H,24,27). The van der Waals surface area contributed by atoms with Crippen LogP contribution in [-0.2, 0) is 4.79 Å². The van der Waals surface area contributed by atoms with Gasteiger partial charge in [-0.3, -0.25) is 14.6 Å². The van der Waals surface area contributed by atoms with E-state index in [9.17, 15) is 14.9 Å². The summed E-state index contributed by atoms with van der Waals surface area (Å²) in [4.78, 5) is 35.4. The van der Waals surface area contributed by atoms with Gasteiger partial charge in [0.05, 0.1) is 12.3 Å². The third-order valence-electron chi connectivity index (χ3n) is 4.65. The number of piperidine rings is 1. The molecule has 0 radical (unpaired) electrons. The molecule has 0 saturated carbocycles. The van der Waals surface area contributed by atoms with Crippen molar-refractivity contribution in [2.45, 2.75) is 51.6 Å². The molecule has 8 nitrogen and oxygen atoms in total. The Morgan fingerprint density at radius 1 is 1.33 bits per heavy atom. The number of nitrogens with zero attached hydrogens (tertiary/aromatic N) is 4. The maximum Gasteiger partial charge on any atom is 0.272 e. The fraction of sp³-hybridized carbons (Fsp3) is 0.632. The van der Waals surface area contributed by atoms with Gasteiger partial charge in [0.2, 0.25) is 5.91 Å². The molecule has 0 aliphatic carbocycles. The van der Waals surface area contributed by atoms with E-state index in [1.54, 1.807) is 0 Å². The highest BCUT2D eigenvalue weighted by atomic mass is 16.2. The molecule has 0 aromatic carbocycles. The van der Waals surface area contributed by atoms with Gasteiger partial charge < -0.3 is 15.5 Å². The number of likely N-dealkylation sites (tertiary alicyclic amines) is 1. The average molecular weight is 372 g/mol. The molecule has 1 aliphatic rings. The predicted molar refractivity (Wildman–Crippen MR) is 101 cm³/mol. The quantitative estimate of drug-likeness (QED) is 0.801. The number of nitriles is 1. The third kappa shape index (κ3) is 6.00. The fourth-order valence-corrected chi connectivity index (χ4v) is 3.06. The zero-order valence-electron chi connectivity index (χ0n) is 16.5. The van der Waals surface area contributed by atoms with E-state index in [4.69, 9.17) is 0 Å².